The first-order valence-corrected chi connectivity index (χ1v) is 8.77. The van der Waals surface area contributed by atoms with E-state index in [0.29, 0.717) is 12.4 Å². The summed E-state index contributed by atoms with van der Waals surface area (Å²) in [6.07, 6.45) is 0. The number of H-pyrrole nitrogens is 1. The van der Waals surface area contributed by atoms with E-state index in [0.717, 1.165) is 33.7 Å². The Labute approximate surface area is 140 Å². The number of carbonyl (C=O) groups excluding carboxylic acids is 1. The Morgan fingerprint density at radius 3 is 2.65 bits per heavy atom. The fourth-order valence-corrected chi connectivity index (χ4v) is 3.28. The van der Waals surface area contributed by atoms with Crippen molar-refractivity contribution < 1.29 is 9.53 Å². The summed E-state index contributed by atoms with van der Waals surface area (Å²) in [4.78, 5) is 15.8. The van der Waals surface area contributed by atoms with Gasteiger partial charge in [0.05, 0.1) is 12.4 Å². The maximum Gasteiger partial charge on any atom is 0.175 e. The molecule has 1 heterocycles. The minimum absolute atomic E-state index is 0.171. The number of rotatable bonds is 7. The third kappa shape index (κ3) is 3.77. The van der Waals surface area contributed by atoms with Crippen LogP contribution in [-0.2, 0) is 0 Å². The van der Waals surface area contributed by atoms with Crippen molar-refractivity contribution in [2.75, 3.05) is 18.1 Å². The predicted molar refractivity (Wildman–Crippen MR) is 96.6 cm³/mol. The van der Waals surface area contributed by atoms with Gasteiger partial charge in [-0.3, -0.25) is 4.79 Å². The zero-order valence-electron chi connectivity index (χ0n) is 13.0. The summed E-state index contributed by atoms with van der Waals surface area (Å²) in [5.74, 6) is 2.31. The van der Waals surface area contributed by atoms with Crippen LogP contribution in [0.5, 0.6) is 5.75 Å². The van der Waals surface area contributed by atoms with Crippen LogP contribution in [0, 0.1) is 6.92 Å². The number of carbonyl (C=O) groups is 1. The number of aromatic nitrogens is 1. The summed E-state index contributed by atoms with van der Waals surface area (Å²) >= 11 is 1.61. The van der Waals surface area contributed by atoms with Crippen LogP contribution in [0.2, 0.25) is 0 Å². The van der Waals surface area contributed by atoms with Crippen molar-refractivity contribution in [3.8, 4) is 5.75 Å². The standard InChI is InChI=1S/C19H19NO2S/c1-14-19(16-9-5-6-10-17(16)20-14)18(21)13-23-12-11-22-15-7-3-2-4-8-15/h2-10,20H,11-13H2,1H3. The first kappa shape index (κ1) is 15.7. The van der Waals surface area contributed by atoms with Crippen molar-refractivity contribution in [2.24, 2.45) is 0 Å². The van der Waals surface area contributed by atoms with E-state index in [2.05, 4.69) is 4.98 Å². The van der Waals surface area contributed by atoms with Crippen LogP contribution < -0.4 is 4.74 Å². The molecule has 4 heteroatoms. The van der Waals surface area contributed by atoms with E-state index in [9.17, 15) is 4.79 Å². The Morgan fingerprint density at radius 1 is 1.09 bits per heavy atom. The number of para-hydroxylation sites is 2. The summed E-state index contributed by atoms with van der Waals surface area (Å²) in [5, 5.41) is 1.01. The lowest BCUT2D eigenvalue weighted by atomic mass is 10.1. The Bertz CT molecular complexity index is 795. The average molecular weight is 325 g/mol. The highest BCUT2D eigenvalue weighted by molar-refractivity contribution is 8.00. The maximum atomic E-state index is 12.5. The zero-order chi connectivity index (χ0) is 16.1. The fourth-order valence-electron chi connectivity index (χ4n) is 2.61. The number of hydrogen-bond donors (Lipinski definition) is 1. The molecule has 0 aliphatic heterocycles. The van der Waals surface area contributed by atoms with E-state index in [1.165, 1.54) is 0 Å². The van der Waals surface area contributed by atoms with E-state index in [1.807, 2.05) is 61.5 Å². The molecule has 0 saturated carbocycles. The maximum absolute atomic E-state index is 12.5. The monoisotopic (exact) mass is 325 g/mol. The van der Waals surface area contributed by atoms with Crippen LogP contribution in [-0.4, -0.2) is 28.9 Å². The van der Waals surface area contributed by atoms with Gasteiger partial charge in [0.25, 0.3) is 0 Å². The molecular weight excluding hydrogens is 306 g/mol. The third-order valence-corrected chi connectivity index (χ3v) is 4.57. The van der Waals surface area contributed by atoms with Gasteiger partial charge in [-0.1, -0.05) is 36.4 Å². The summed E-state index contributed by atoms with van der Waals surface area (Å²) in [6.45, 7) is 2.56. The number of thioether (sulfide) groups is 1. The Morgan fingerprint density at radius 2 is 1.83 bits per heavy atom. The zero-order valence-corrected chi connectivity index (χ0v) is 13.9. The number of ether oxygens (including phenoxy) is 1. The van der Waals surface area contributed by atoms with Crippen LogP contribution in [0.15, 0.2) is 54.6 Å². The highest BCUT2D eigenvalue weighted by Gasteiger charge is 2.15. The Kier molecular flexibility index (Phi) is 5.03. The van der Waals surface area contributed by atoms with Crippen LogP contribution in [0.1, 0.15) is 16.1 Å². The van der Waals surface area contributed by atoms with E-state index in [-0.39, 0.29) is 5.78 Å². The van der Waals surface area contributed by atoms with Crippen LogP contribution in [0.4, 0.5) is 0 Å². The van der Waals surface area contributed by atoms with Gasteiger partial charge in [-0.25, -0.2) is 0 Å². The van der Waals surface area contributed by atoms with E-state index in [4.69, 9.17) is 4.74 Å². The molecule has 0 radical (unpaired) electrons. The molecule has 3 nitrogen and oxygen atoms in total. The van der Waals surface area contributed by atoms with E-state index >= 15 is 0 Å². The highest BCUT2D eigenvalue weighted by atomic mass is 32.2. The quantitative estimate of drug-likeness (QED) is 0.515. The topological polar surface area (TPSA) is 42.1 Å². The number of benzene rings is 2. The summed E-state index contributed by atoms with van der Waals surface area (Å²) < 4.78 is 5.63. The van der Waals surface area contributed by atoms with Crippen molar-refractivity contribution >= 4 is 28.4 Å². The van der Waals surface area contributed by atoms with E-state index in [1.54, 1.807) is 11.8 Å². The lowest BCUT2D eigenvalue weighted by molar-refractivity contribution is 0.102. The van der Waals surface area contributed by atoms with Gasteiger partial charge in [0.1, 0.15) is 5.75 Å². The summed E-state index contributed by atoms with van der Waals surface area (Å²) in [6, 6.07) is 17.7. The number of aromatic amines is 1. The number of aryl methyl sites for hydroxylation is 1. The molecule has 0 bridgehead atoms. The molecule has 0 aliphatic rings. The molecule has 0 spiro atoms. The molecule has 1 aromatic heterocycles. The average Bonchev–Trinajstić information content (AvgIpc) is 2.91. The van der Waals surface area contributed by atoms with Gasteiger partial charge >= 0.3 is 0 Å². The van der Waals surface area contributed by atoms with Gasteiger partial charge in [-0.05, 0) is 25.1 Å². The third-order valence-electron chi connectivity index (χ3n) is 3.65. The fraction of sp³-hybridized carbons (Fsp3) is 0.211. The minimum atomic E-state index is 0.171. The smallest absolute Gasteiger partial charge is 0.175 e. The predicted octanol–water partition coefficient (Wildman–Crippen LogP) is 4.47. The molecule has 23 heavy (non-hydrogen) atoms. The SMILES string of the molecule is Cc1[nH]c2ccccc2c1C(=O)CSCCOc1ccccc1. The lowest BCUT2D eigenvalue weighted by Crippen LogP contribution is -2.07. The molecule has 0 saturated heterocycles. The largest absolute Gasteiger partial charge is 0.493 e. The van der Waals surface area contributed by atoms with Gasteiger partial charge in [0, 0.05) is 27.9 Å². The van der Waals surface area contributed by atoms with Gasteiger partial charge in [-0.15, -0.1) is 0 Å². The lowest BCUT2D eigenvalue weighted by Gasteiger charge is -2.05. The summed E-state index contributed by atoms with van der Waals surface area (Å²) in [5.41, 5.74) is 2.78. The molecule has 118 valence electrons. The van der Waals surface area contributed by atoms with E-state index < -0.39 is 0 Å². The number of ketones is 1. The van der Waals surface area contributed by atoms with Crippen molar-refractivity contribution in [3.63, 3.8) is 0 Å². The first-order chi connectivity index (χ1) is 11.3. The molecule has 0 unspecified atom stereocenters. The summed E-state index contributed by atoms with van der Waals surface area (Å²) in [7, 11) is 0. The number of hydrogen-bond acceptors (Lipinski definition) is 3. The van der Waals surface area contributed by atoms with Crippen LogP contribution in [0.3, 0.4) is 0 Å². The molecule has 0 amide bonds. The molecular formula is C19H19NO2S. The van der Waals surface area contributed by atoms with Crippen molar-refractivity contribution in [3.05, 3.63) is 65.9 Å². The molecule has 3 rings (SSSR count). The van der Waals surface area contributed by atoms with Gasteiger partial charge in [-0.2, -0.15) is 11.8 Å². The first-order valence-electron chi connectivity index (χ1n) is 7.62. The molecule has 0 aliphatic carbocycles. The second-order valence-corrected chi connectivity index (χ2v) is 6.41. The number of nitrogens with one attached hydrogen (secondary N) is 1. The number of Topliss-reactive ketones (excluding diaryl/α,β-unsaturated/α-hetero) is 1. The van der Waals surface area contributed by atoms with Gasteiger partial charge in [0.2, 0.25) is 0 Å². The Hall–Kier alpha value is -2.20. The van der Waals surface area contributed by atoms with Gasteiger partial charge < -0.3 is 9.72 Å². The van der Waals surface area contributed by atoms with Crippen LogP contribution >= 0.6 is 11.8 Å². The minimum Gasteiger partial charge on any atom is -0.493 e. The Balaban J connectivity index is 1.52. The second kappa shape index (κ2) is 7.38. The van der Waals surface area contributed by atoms with Crippen LogP contribution in [0.25, 0.3) is 10.9 Å². The van der Waals surface area contributed by atoms with Crippen molar-refractivity contribution in [1.82, 2.24) is 4.98 Å². The molecule has 0 atom stereocenters. The normalized spacial score (nSPS) is 10.8. The number of fused-ring (bicyclic) bond motifs is 1. The van der Waals surface area contributed by atoms with Crippen molar-refractivity contribution in [1.29, 1.82) is 0 Å². The molecule has 2 aromatic carbocycles. The molecule has 3 aromatic rings. The molecule has 0 fully saturated rings. The van der Waals surface area contributed by atoms with Gasteiger partial charge in [0.15, 0.2) is 5.78 Å². The molecule has 1 N–H and O–H groups in total. The second-order valence-electron chi connectivity index (χ2n) is 5.31. The highest BCUT2D eigenvalue weighted by Crippen LogP contribution is 2.23. The van der Waals surface area contributed by atoms with Crippen molar-refractivity contribution in [2.45, 2.75) is 6.92 Å².